The molecular formula is C19H17N5O2. The summed E-state index contributed by atoms with van der Waals surface area (Å²) in [4.78, 5) is 14.7. The molecular weight excluding hydrogens is 330 g/mol. The normalized spacial score (nSPS) is 10.2. The second-order valence-corrected chi connectivity index (χ2v) is 5.39. The highest BCUT2D eigenvalue weighted by Crippen LogP contribution is 2.25. The number of carbonyl (C=O) groups is 1. The molecule has 0 radical (unpaired) electrons. The van der Waals surface area contributed by atoms with Crippen molar-refractivity contribution in [3.8, 4) is 23.8 Å². The van der Waals surface area contributed by atoms with Gasteiger partial charge in [-0.25, -0.2) is 0 Å². The first-order valence-electron chi connectivity index (χ1n) is 7.98. The monoisotopic (exact) mass is 347 g/mol. The average Bonchev–Trinajstić information content (AvgIpc) is 3.22. The van der Waals surface area contributed by atoms with E-state index in [2.05, 4.69) is 21.4 Å². The van der Waals surface area contributed by atoms with E-state index >= 15 is 0 Å². The molecule has 0 spiro atoms. The third-order valence-electron chi connectivity index (χ3n) is 3.91. The van der Waals surface area contributed by atoms with Crippen LogP contribution in [-0.4, -0.2) is 39.8 Å². The quantitative estimate of drug-likeness (QED) is 0.662. The number of hydrogen-bond donors (Lipinski definition) is 0. The van der Waals surface area contributed by atoms with Gasteiger partial charge in [-0.1, -0.05) is 12.0 Å². The molecule has 26 heavy (non-hydrogen) atoms. The summed E-state index contributed by atoms with van der Waals surface area (Å²) in [6, 6.07) is 12.5. The summed E-state index contributed by atoms with van der Waals surface area (Å²) >= 11 is 0. The van der Waals surface area contributed by atoms with Crippen molar-refractivity contribution >= 4 is 11.6 Å². The number of tetrazole rings is 1. The van der Waals surface area contributed by atoms with Crippen molar-refractivity contribution in [3.63, 3.8) is 0 Å². The van der Waals surface area contributed by atoms with Crippen molar-refractivity contribution in [2.45, 2.75) is 6.92 Å². The van der Waals surface area contributed by atoms with E-state index in [1.165, 1.54) is 11.0 Å². The first-order valence-corrected chi connectivity index (χ1v) is 7.98. The van der Waals surface area contributed by atoms with Gasteiger partial charge in [0.2, 0.25) is 0 Å². The lowest BCUT2D eigenvalue weighted by molar-refractivity contribution is 0.0988. The molecule has 7 heteroatoms. The molecule has 2 aromatic carbocycles. The number of rotatable bonds is 5. The zero-order valence-corrected chi connectivity index (χ0v) is 14.5. The van der Waals surface area contributed by atoms with Crippen LogP contribution >= 0.6 is 0 Å². The Hall–Kier alpha value is -3.66. The number of benzene rings is 2. The van der Waals surface area contributed by atoms with Gasteiger partial charge in [-0.15, -0.1) is 11.5 Å². The number of carbonyl (C=O) groups excluding carboxylic acids is 1. The fourth-order valence-corrected chi connectivity index (χ4v) is 2.64. The largest absolute Gasteiger partial charge is 0.494 e. The molecule has 130 valence electrons. The minimum atomic E-state index is -0.154. The van der Waals surface area contributed by atoms with Gasteiger partial charge in [-0.2, -0.15) is 4.68 Å². The summed E-state index contributed by atoms with van der Waals surface area (Å²) in [6.45, 7) is 2.41. The molecule has 0 saturated carbocycles. The van der Waals surface area contributed by atoms with Crippen molar-refractivity contribution in [2.75, 3.05) is 18.6 Å². The molecule has 0 aliphatic carbocycles. The maximum Gasteiger partial charge on any atom is 0.258 e. The van der Waals surface area contributed by atoms with E-state index in [-0.39, 0.29) is 5.91 Å². The third-order valence-corrected chi connectivity index (χ3v) is 3.91. The smallest absolute Gasteiger partial charge is 0.258 e. The third kappa shape index (κ3) is 3.26. The Morgan fingerprint density at radius 3 is 2.81 bits per heavy atom. The molecule has 0 bridgehead atoms. The van der Waals surface area contributed by atoms with Gasteiger partial charge in [0.25, 0.3) is 5.91 Å². The predicted octanol–water partition coefficient (Wildman–Crippen LogP) is 2.32. The van der Waals surface area contributed by atoms with Crippen LogP contribution in [0.2, 0.25) is 0 Å². The number of amides is 1. The molecule has 0 aliphatic rings. The first-order chi connectivity index (χ1) is 12.7. The van der Waals surface area contributed by atoms with E-state index in [0.29, 0.717) is 23.5 Å². The van der Waals surface area contributed by atoms with E-state index in [0.717, 1.165) is 11.3 Å². The van der Waals surface area contributed by atoms with Crippen molar-refractivity contribution in [1.29, 1.82) is 0 Å². The molecule has 1 amide bonds. The summed E-state index contributed by atoms with van der Waals surface area (Å²) in [6.07, 6.45) is 6.91. The molecule has 0 N–H and O–H groups in total. The second kappa shape index (κ2) is 7.49. The summed E-state index contributed by atoms with van der Waals surface area (Å²) < 4.78 is 6.79. The Balaban J connectivity index is 2.00. The molecule has 3 rings (SSSR count). The van der Waals surface area contributed by atoms with E-state index in [4.69, 9.17) is 11.2 Å². The number of hydrogen-bond acceptors (Lipinski definition) is 5. The van der Waals surface area contributed by atoms with Gasteiger partial charge >= 0.3 is 0 Å². The lowest BCUT2D eigenvalue weighted by atomic mass is 10.1. The number of terminal acetylenes is 1. The maximum absolute atomic E-state index is 13.1. The molecule has 1 aromatic heterocycles. The second-order valence-electron chi connectivity index (χ2n) is 5.39. The van der Waals surface area contributed by atoms with Crippen LogP contribution in [0.4, 0.5) is 5.69 Å². The zero-order valence-electron chi connectivity index (χ0n) is 14.5. The molecule has 3 aromatic rings. The number of anilines is 1. The standard InChI is InChI=1S/C19H17N5O2/c1-4-14-7-6-8-16(11-14)23(5-2)19(25)15-9-10-18(26-3)17(12-15)24-13-20-21-22-24/h1,6-13H,5H2,2-3H3. The van der Waals surface area contributed by atoms with E-state index < -0.39 is 0 Å². The molecule has 1 heterocycles. The minimum Gasteiger partial charge on any atom is -0.494 e. The van der Waals surface area contributed by atoms with Crippen LogP contribution in [0.25, 0.3) is 5.69 Å². The van der Waals surface area contributed by atoms with E-state index in [9.17, 15) is 4.79 Å². The van der Waals surface area contributed by atoms with Crippen LogP contribution in [0.15, 0.2) is 48.8 Å². The van der Waals surface area contributed by atoms with Gasteiger partial charge in [-0.3, -0.25) is 4.79 Å². The van der Waals surface area contributed by atoms with E-state index in [1.54, 1.807) is 30.2 Å². The zero-order chi connectivity index (χ0) is 18.5. The topological polar surface area (TPSA) is 73.1 Å². The number of methoxy groups -OCH3 is 1. The average molecular weight is 347 g/mol. The SMILES string of the molecule is C#Cc1cccc(N(CC)C(=O)c2ccc(OC)c(-n3cnnn3)c2)c1. The molecule has 7 nitrogen and oxygen atoms in total. The molecule has 0 aliphatic heterocycles. The van der Waals surface area contributed by atoms with E-state index in [1.807, 2.05) is 31.2 Å². The van der Waals surface area contributed by atoms with Crippen LogP contribution in [0.1, 0.15) is 22.8 Å². The van der Waals surface area contributed by atoms with Crippen molar-refractivity contribution in [2.24, 2.45) is 0 Å². The molecule has 0 fully saturated rings. The van der Waals surface area contributed by atoms with Gasteiger partial charge in [0, 0.05) is 23.4 Å². The minimum absolute atomic E-state index is 0.154. The highest BCUT2D eigenvalue weighted by atomic mass is 16.5. The summed E-state index contributed by atoms with van der Waals surface area (Å²) in [5.74, 6) is 3.00. The van der Waals surface area contributed by atoms with Crippen LogP contribution < -0.4 is 9.64 Å². The maximum atomic E-state index is 13.1. The van der Waals surface area contributed by atoms with Crippen molar-refractivity contribution in [1.82, 2.24) is 20.2 Å². The van der Waals surface area contributed by atoms with Crippen LogP contribution in [-0.2, 0) is 0 Å². The molecule has 0 atom stereocenters. The van der Waals surface area contributed by atoms with Gasteiger partial charge in [-0.05, 0) is 53.7 Å². The van der Waals surface area contributed by atoms with Crippen LogP contribution in [0, 0.1) is 12.3 Å². The number of ether oxygens (including phenoxy) is 1. The Morgan fingerprint density at radius 2 is 2.15 bits per heavy atom. The summed E-state index contributed by atoms with van der Waals surface area (Å²) in [5, 5.41) is 11.1. The van der Waals surface area contributed by atoms with Gasteiger partial charge < -0.3 is 9.64 Å². The summed E-state index contributed by atoms with van der Waals surface area (Å²) in [7, 11) is 1.55. The fourth-order valence-electron chi connectivity index (χ4n) is 2.64. The Bertz CT molecular complexity index is 960. The van der Waals surface area contributed by atoms with Gasteiger partial charge in [0.15, 0.2) is 0 Å². The first kappa shape index (κ1) is 17.2. The Kier molecular flexibility index (Phi) is 4.94. The lowest BCUT2D eigenvalue weighted by Gasteiger charge is -2.22. The van der Waals surface area contributed by atoms with Crippen molar-refractivity contribution < 1.29 is 9.53 Å². The Labute approximate surface area is 151 Å². The van der Waals surface area contributed by atoms with Gasteiger partial charge in [0.1, 0.15) is 17.8 Å². The Morgan fingerprint density at radius 1 is 1.31 bits per heavy atom. The molecule has 0 saturated heterocycles. The number of aromatic nitrogens is 4. The molecule has 0 unspecified atom stereocenters. The number of nitrogens with zero attached hydrogens (tertiary/aromatic N) is 5. The van der Waals surface area contributed by atoms with Crippen molar-refractivity contribution in [3.05, 3.63) is 59.9 Å². The lowest BCUT2D eigenvalue weighted by Crippen LogP contribution is -2.30. The predicted molar refractivity (Wildman–Crippen MR) is 97.4 cm³/mol. The fraction of sp³-hybridized carbons (Fsp3) is 0.158. The summed E-state index contributed by atoms with van der Waals surface area (Å²) in [5.41, 5.74) is 2.53. The van der Waals surface area contributed by atoms with Gasteiger partial charge in [0.05, 0.1) is 7.11 Å². The highest BCUT2D eigenvalue weighted by Gasteiger charge is 2.19. The van der Waals surface area contributed by atoms with Crippen LogP contribution in [0.5, 0.6) is 5.75 Å². The highest BCUT2D eigenvalue weighted by molar-refractivity contribution is 6.06. The van der Waals surface area contributed by atoms with Crippen LogP contribution in [0.3, 0.4) is 0 Å².